The second-order valence-corrected chi connectivity index (χ2v) is 5.65. The summed E-state index contributed by atoms with van der Waals surface area (Å²) < 4.78 is 5.35. The van der Waals surface area contributed by atoms with E-state index in [1.807, 2.05) is 42.5 Å². The average molecular weight is 316 g/mol. The molecule has 0 radical (unpaired) electrons. The van der Waals surface area contributed by atoms with Crippen molar-refractivity contribution in [2.45, 2.75) is 18.9 Å². The SMILES string of the molecule is C(#Cc1ccc(-c2noc(C3CCCN3)n2)nc1)c1ccccc1. The summed E-state index contributed by atoms with van der Waals surface area (Å²) in [4.78, 5) is 8.84. The van der Waals surface area contributed by atoms with E-state index in [0.717, 1.165) is 30.5 Å². The fraction of sp³-hybridized carbons (Fsp3) is 0.211. The van der Waals surface area contributed by atoms with Crippen molar-refractivity contribution in [3.8, 4) is 23.4 Å². The molecular formula is C19H16N4O. The van der Waals surface area contributed by atoms with Gasteiger partial charge in [-0.1, -0.05) is 35.2 Å². The zero-order valence-corrected chi connectivity index (χ0v) is 13.1. The molecule has 24 heavy (non-hydrogen) atoms. The third-order valence-electron chi connectivity index (χ3n) is 3.92. The lowest BCUT2D eigenvalue weighted by Gasteiger charge is -2.01. The van der Waals surface area contributed by atoms with Gasteiger partial charge in [-0.3, -0.25) is 4.98 Å². The monoisotopic (exact) mass is 316 g/mol. The first kappa shape index (κ1) is 14.6. The van der Waals surface area contributed by atoms with E-state index in [1.165, 1.54) is 0 Å². The zero-order valence-electron chi connectivity index (χ0n) is 13.1. The molecule has 1 saturated heterocycles. The summed E-state index contributed by atoms with van der Waals surface area (Å²) in [5.41, 5.74) is 2.52. The molecule has 5 heteroatoms. The van der Waals surface area contributed by atoms with Gasteiger partial charge >= 0.3 is 0 Å². The first-order valence-corrected chi connectivity index (χ1v) is 7.99. The molecule has 0 bridgehead atoms. The maximum absolute atomic E-state index is 5.35. The molecule has 4 rings (SSSR count). The third-order valence-corrected chi connectivity index (χ3v) is 3.92. The van der Waals surface area contributed by atoms with Crippen LogP contribution < -0.4 is 5.32 Å². The molecule has 118 valence electrons. The van der Waals surface area contributed by atoms with Crippen LogP contribution in [0.2, 0.25) is 0 Å². The lowest BCUT2D eigenvalue weighted by atomic mass is 10.2. The molecule has 3 aromatic rings. The van der Waals surface area contributed by atoms with Gasteiger partial charge in [-0.2, -0.15) is 4.98 Å². The Labute approximate surface area is 140 Å². The Morgan fingerprint density at radius 1 is 1.04 bits per heavy atom. The molecule has 0 aliphatic carbocycles. The first-order chi connectivity index (χ1) is 11.9. The minimum Gasteiger partial charge on any atom is -0.337 e. The smallest absolute Gasteiger partial charge is 0.244 e. The van der Waals surface area contributed by atoms with E-state index in [9.17, 15) is 0 Å². The molecule has 1 aromatic carbocycles. The largest absolute Gasteiger partial charge is 0.337 e. The second kappa shape index (κ2) is 6.65. The molecule has 0 saturated carbocycles. The lowest BCUT2D eigenvalue weighted by Crippen LogP contribution is -2.12. The molecular weight excluding hydrogens is 300 g/mol. The highest BCUT2D eigenvalue weighted by Crippen LogP contribution is 2.23. The van der Waals surface area contributed by atoms with Crippen molar-refractivity contribution >= 4 is 0 Å². The Morgan fingerprint density at radius 2 is 1.92 bits per heavy atom. The van der Waals surface area contributed by atoms with Crippen LogP contribution in [0.25, 0.3) is 11.5 Å². The summed E-state index contributed by atoms with van der Waals surface area (Å²) in [7, 11) is 0. The van der Waals surface area contributed by atoms with Gasteiger partial charge in [0.05, 0.1) is 6.04 Å². The maximum atomic E-state index is 5.35. The van der Waals surface area contributed by atoms with Crippen molar-refractivity contribution in [3.05, 3.63) is 65.7 Å². The van der Waals surface area contributed by atoms with Crippen LogP contribution in [-0.4, -0.2) is 21.7 Å². The maximum Gasteiger partial charge on any atom is 0.244 e. The van der Waals surface area contributed by atoms with Gasteiger partial charge in [0.15, 0.2) is 0 Å². The van der Waals surface area contributed by atoms with Crippen LogP contribution in [0.3, 0.4) is 0 Å². The van der Waals surface area contributed by atoms with E-state index in [-0.39, 0.29) is 6.04 Å². The molecule has 5 nitrogen and oxygen atoms in total. The summed E-state index contributed by atoms with van der Waals surface area (Å²) in [6.07, 6.45) is 3.90. The van der Waals surface area contributed by atoms with Crippen molar-refractivity contribution in [1.29, 1.82) is 0 Å². The highest BCUT2D eigenvalue weighted by molar-refractivity contribution is 5.50. The fourth-order valence-corrected chi connectivity index (χ4v) is 2.64. The van der Waals surface area contributed by atoms with Crippen molar-refractivity contribution < 1.29 is 4.52 Å². The first-order valence-electron chi connectivity index (χ1n) is 7.99. The summed E-state index contributed by atoms with van der Waals surface area (Å²) in [5.74, 6) is 7.37. The molecule has 1 aliphatic heterocycles. The number of nitrogens with zero attached hydrogens (tertiary/aromatic N) is 3. The number of hydrogen-bond acceptors (Lipinski definition) is 5. The van der Waals surface area contributed by atoms with Crippen molar-refractivity contribution in [1.82, 2.24) is 20.4 Å². The Hall–Kier alpha value is -2.97. The highest BCUT2D eigenvalue weighted by Gasteiger charge is 2.22. The standard InChI is InChI=1S/C19H16N4O/c1-2-5-14(6-3-1)8-9-15-10-11-16(21-13-15)18-22-19(24-23-18)17-7-4-12-20-17/h1-3,5-6,10-11,13,17,20H,4,7,12H2. The number of rotatable bonds is 2. The highest BCUT2D eigenvalue weighted by atomic mass is 16.5. The topological polar surface area (TPSA) is 63.8 Å². The molecule has 1 N–H and O–H groups in total. The Morgan fingerprint density at radius 3 is 2.67 bits per heavy atom. The van der Waals surface area contributed by atoms with Crippen LogP contribution >= 0.6 is 0 Å². The predicted molar refractivity (Wildman–Crippen MR) is 89.9 cm³/mol. The van der Waals surface area contributed by atoms with E-state index >= 15 is 0 Å². The van der Waals surface area contributed by atoms with Gasteiger partial charge in [0.2, 0.25) is 11.7 Å². The van der Waals surface area contributed by atoms with Crippen LogP contribution in [0.4, 0.5) is 0 Å². The minimum absolute atomic E-state index is 0.169. The number of hydrogen-bond donors (Lipinski definition) is 1. The predicted octanol–water partition coefficient (Wildman–Crippen LogP) is 2.96. The van der Waals surface area contributed by atoms with E-state index in [2.05, 4.69) is 32.3 Å². The van der Waals surface area contributed by atoms with E-state index in [1.54, 1.807) is 6.20 Å². The van der Waals surface area contributed by atoms with Crippen LogP contribution in [0.1, 0.15) is 35.9 Å². The molecule has 0 amide bonds. The van der Waals surface area contributed by atoms with E-state index in [0.29, 0.717) is 17.4 Å². The minimum atomic E-state index is 0.169. The number of aromatic nitrogens is 3. The Balaban J connectivity index is 1.51. The summed E-state index contributed by atoms with van der Waals surface area (Å²) in [6.45, 7) is 0.995. The molecule has 1 fully saturated rings. The van der Waals surface area contributed by atoms with E-state index < -0.39 is 0 Å². The van der Waals surface area contributed by atoms with Gasteiger partial charge in [-0.05, 0) is 43.7 Å². The zero-order chi connectivity index (χ0) is 16.2. The molecule has 1 atom stereocenters. The van der Waals surface area contributed by atoms with E-state index in [4.69, 9.17) is 4.52 Å². The summed E-state index contributed by atoms with van der Waals surface area (Å²) >= 11 is 0. The van der Waals surface area contributed by atoms with Gasteiger partial charge in [0.1, 0.15) is 5.69 Å². The normalized spacial score (nSPS) is 16.6. The number of benzene rings is 1. The van der Waals surface area contributed by atoms with Crippen molar-refractivity contribution in [2.75, 3.05) is 6.54 Å². The van der Waals surface area contributed by atoms with Gasteiger partial charge in [0.25, 0.3) is 0 Å². The van der Waals surface area contributed by atoms with Gasteiger partial charge < -0.3 is 9.84 Å². The van der Waals surface area contributed by atoms with Crippen LogP contribution in [0.15, 0.2) is 53.2 Å². The van der Waals surface area contributed by atoms with Crippen LogP contribution in [0.5, 0.6) is 0 Å². The summed E-state index contributed by atoms with van der Waals surface area (Å²) in [5, 5.41) is 7.37. The molecule has 2 aromatic heterocycles. The molecule has 1 unspecified atom stereocenters. The van der Waals surface area contributed by atoms with Crippen molar-refractivity contribution in [2.24, 2.45) is 0 Å². The molecule has 3 heterocycles. The number of pyridine rings is 1. The van der Waals surface area contributed by atoms with Crippen molar-refractivity contribution in [3.63, 3.8) is 0 Å². The van der Waals surface area contributed by atoms with Gasteiger partial charge in [-0.15, -0.1) is 0 Å². The Kier molecular flexibility index (Phi) is 4.05. The average Bonchev–Trinajstić information content (AvgIpc) is 3.33. The fourth-order valence-electron chi connectivity index (χ4n) is 2.64. The third kappa shape index (κ3) is 3.19. The van der Waals surface area contributed by atoms with Gasteiger partial charge in [-0.25, -0.2) is 0 Å². The van der Waals surface area contributed by atoms with Crippen LogP contribution in [-0.2, 0) is 0 Å². The Bertz CT molecular complexity index is 869. The summed E-state index contributed by atoms with van der Waals surface area (Å²) in [6, 6.07) is 13.8. The quantitative estimate of drug-likeness (QED) is 0.736. The second-order valence-electron chi connectivity index (χ2n) is 5.65. The lowest BCUT2D eigenvalue weighted by molar-refractivity contribution is 0.345. The van der Waals surface area contributed by atoms with Gasteiger partial charge in [0, 0.05) is 17.3 Å². The molecule has 0 spiro atoms. The number of nitrogens with one attached hydrogen (secondary N) is 1. The molecule has 1 aliphatic rings. The van der Waals surface area contributed by atoms with Crippen LogP contribution in [0, 0.1) is 11.8 Å².